The number of hydrogen-bond donors (Lipinski definition) is 2. The number of nitrogens with one attached hydrogen (secondary N) is 2. The third kappa shape index (κ3) is 6.47. The fourth-order valence-corrected chi connectivity index (χ4v) is 1.48. The molecule has 0 aliphatic heterocycles. The minimum Gasteiger partial charge on any atom is -0.449 e. The lowest BCUT2D eigenvalue weighted by Crippen LogP contribution is -2.20. The summed E-state index contributed by atoms with van der Waals surface area (Å²) in [7, 11) is 0. The van der Waals surface area contributed by atoms with Crippen LogP contribution in [0.2, 0.25) is 5.02 Å². The van der Waals surface area contributed by atoms with Crippen LogP contribution in [-0.4, -0.2) is 25.8 Å². The molecule has 5 heteroatoms. The van der Waals surface area contributed by atoms with Crippen molar-refractivity contribution in [2.45, 2.75) is 19.8 Å². The number of rotatable bonds is 7. The molecular weight excluding hydrogens is 252 g/mol. The number of amides is 1. The fourth-order valence-electron chi connectivity index (χ4n) is 1.35. The van der Waals surface area contributed by atoms with E-state index in [-0.39, 0.29) is 0 Å². The number of ether oxygens (including phenoxy) is 1. The molecule has 0 heterocycles. The van der Waals surface area contributed by atoms with Gasteiger partial charge in [-0.25, -0.2) is 4.79 Å². The Balaban J connectivity index is 2.12. The van der Waals surface area contributed by atoms with Crippen LogP contribution in [0.4, 0.5) is 10.5 Å². The normalized spacial score (nSPS) is 10.1. The highest BCUT2D eigenvalue weighted by molar-refractivity contribution is 6.30. The Hall–Kier alpha value is -1.26. The molecule has 2 N–H and O–H groups in total. The number of benzene rings is 1. The highest BCUT2D eigenvalue weighted by atomic mass is 35.5. The minimum atomic E-state index is -0.437. The van der Waals surface area contributed by atoms with Crippen LogP contribution < -0.4 is 10.6 Å². The molecule has 0 aliphatic rings. The summed E-state index contributed by atoms with van der Waals surface area (Å²) < 4.78 is 5.03. The number of hydrogen-bond acceptors (Lipinski definition) is 3. The summed E-state index contributed by atoms with van der Waals surface area (Å²) in [6.45, 7) is 4.39. The summed E-state index contributed by atoms with van der Waals surface area (Å²) in [4.78, 5) is 11.4. The monoisotopic (exact) mass is 270 g/mol. The Morgan fingerprint density at radius 2 is 2.00 bits per heavy atom. The summed E-state index contributed by atoms with van der Waals surface area (Å²) in [5.74, 6) is 0. The quantitative estimate of drug-likeness (QED) is 0.748. The molecular formula is C13H19ClN2O2. The van der Waals surface area contributed by atoms with E-state index in [2.05, 4.69) is 17.6 Å². The van der Waals surface area contributed by atoms with Crippen molar-refractivity contribution in [2.24, 2.45) is 0 Å². The van der Waals surface area contributed by atoms with Crippen LogP contribution in [0.15, 0.2) is 24.3 Å². The first-order chi connectivity index (χ1) is 8.72. The smallest absolute Gasteiger partial charge is 0.411 e. The second-order valence-corrected chi connectivity index (χ2v) is 4.31. The van der Waals surface area contributed by atoms with Crippen LogP contribution in [0.1, 0.15) is 19.8 Å². The number of carbonyl (C=O) groups excluding carboxylic acids is 1. The Morgan fingerprint density at radius 1 is 1.28 bits per heavy atom. The van der Waals surface area contributed by atoms with Gasteiger partial charge in [-0.05, 0) is 50.2 Å². The molecule has 0 aromatic heterocycles. The highest BCUT2D eigenvalue weighted by Crippen LogP contribution is 2.13. The van der Waals surface area contributed by atoms with Gasteiger partial charge < -0.3 is 10.1 Å². The summed E-state index contributed by atoms with van der Waals surface area (Å²) in [5, 5.41) is 6.50. The van der Waals surface area contributed by atoms with E-state index in [9.17, 15) is 4.79 Å². The predicted octanol–water partition coefficient (Wildman–Crippen LogP) is 3.28. The first-order valence-corrected chi connectivity index (χ1v) is 6.50. The van der Waals surface area contributed by atoms with Crippen LogP contribution in [0, 0.1) is 0 Å². The van der Waals surface area contributed by atoms with Gasteiger partial charge in [0.05, 0.1) is 6.61 Å². The van der Waals surface area contributed by atoms with Crippen LogP contribution >= 0.6 is 11.6 Å². The van der Waals surface area contributed by atoms with Gasteiger partial charge in [-0.1, -0.05) is 18.5 Å². The van der Waals surface area contributed by atoms with E-state index < -0.39 is 6.09 Å². The molecule has 0 spiro atoms. The van der Waals surface area contributed by atoms with Gasteiger partial charge in [0.2, 0.25) is 0 Å². The average molecular weight is 271 g/mol. The van der Waals surface area contributed by atoms with Gasteiger partial charge in [-0.3, -0.25) is 5.32 Å². The van der Waals surface area contributed by atoms with Crippen molar-refractivity contribution >= 4 is 23.4 Å². The molecule has 18 heavy (non-hydrogen) atoms. The topological polar surface area (TPSA) is 50.4 Å². The van der Waals surface area contributed by atoms with Crippen molar-refractivity contribution in [3.63, 3.8) is 0 Å². The lowest BCUT2D eigenvalue weighted by molar-refractivity contribution is 0.160. The van der Waals surface area contributed by atoms with E-state index in [0.29, 0.717) is 17.3 Å². The van der Waals surface area contributed by atoms with Crippen molar-refractivity contribution in [1.29, 1.82) is 0 Å². The van der Waals surface area contributed by atoms with Crippen molar-refractivity contribution in [1.82, 2.24) is 5.32 Å². The molecule has 1 amide bonds. The summed E-state index contributed by atoms with van der Waals surface area (Å²) in [6, 6.07) is 6.89. The fraction of sp³-hybridized carbons (Fsp3) is 0.462. The van der Waals surface area contributed by atoms with Gasteiger partial charge in [0, 0.05) is 10.7 Å². The van der Waals surface area contributed by atoms with Crippen LogP contribution in [-0.2, 0) is 4.74 Å². The first kappa shape index (κ1) is 14.8. The molecule has 0 unspecified atom stereocenters. The molecule has 1 aromatic rings. The molecule has 1 rings (SSSR count). The van der Waals surface area contributed by atoms with E-state index >= 15 is 0 Å². The van der Waals surface area contributed by atoms with E-state index in [1.807, 2.05) is 0 Å². The average Bonchev–Trinajstić information content (AvgIpc) is 2.36. The van der Waals surface area contributed by atoms with Crippen molar-refractivity contribution in [3.05, 3.63) is 29.3 Å². The van der Waals surface area contributed by atoms with Crippen LogP contribution in [0.5, 0.6) is 0 Å². The predicted molar refractivity (Wildman–Crippen MR) is 74.2 cm³/mol. The molecule has 0 fully saturated rings. The number of halogens is 1. The van der Waals surface area contributed by atoms with Gasteiger partial charge in [-0.15, -0.1) is 0 Å². The van der Waals surface area contributed by atoms with Gasteiger partial charge in [0.25, 0.3) is 0 Å². The third-order valence-electron chi connectivity index (χ3n) is 2.25. The summed E-state index contributed by atoms with van der Waals surface area (Å²) in [6.07, 6.45) is 1.49. The van der Waals surface area contributed by atoms with E-state index in [0.717, 1.165) is 25.9 Å². The molecule has 0 aliphatic carbocycles. The molecule has 0 saturated carbocycles. The van der Waals surface area contributed by atoms with Gasteiger partial charge in [0.15, 0.2) is 0 Å². The Bertz CT molecular complexity index is 355. The minimum absolute atomic E-state index is 0.413. The highest BCUT2D eigenvalue weighted by Gasteiger charge is 2.02. The molecule has 0 radical (unpaired) electrons. The molecule has 0 bridgehead atoms. The zero-order chi connectivity index (χ0) is 13.2. The number of carbonyl (C=O) groups is 1. The van der Waals surface area contributed by atoms with Gasteiger partial charge in [0.1, 0.15) is 0 Å². The van der Waals surface area contributed by atoms with Crippen molar-refractivity contribution < 1.29 is 9.53 Å². The lowest BCUT2D eigenvalue weighted by atomic mass is 10.3. The standard InChI is InChI=1S/C13H19ClN2O2/c1-2-8-15-9-3-10-18-13(17)16-12-6-4-11(14)5-7-12/h4-7,15H,2-3,8-10H2,1H3,(H,16,17). The number of anilines is 1. The summed E-state index contributed by atoms with van der Waals surface area (Å²) in [5.41, 5.74) is 0.675. The van der Waals surface area contributed by atoms with Crippen LogP contribution in [0.25, 0.3) is 0 Å². The molecule has 0 atom stereocenters. The Labute approximate surface area is 113 Å². The third-order valence-corrected chi connectivity index (χ3v) is 2.50. The van der Waals surface area contributed by atoms with E-state index in [1.165, 1.54) is 0 Å². The maximum absolute atomic E-state index is 11.4. The Kier molecular flexibility index (Phi) is 7.22. The van der Waals surface area contributed by atoms with Gasteiger partial charge in [-0.2, -0.15) is 0 Å². The second-order valence-electron chi connectivity index (χ2n) is 3.87. The van der Waals surface area contributed by atoms with Crippen molar-refractivity contribution in [2.75, 3.05) is 25.0 Å². The van der Waals surface area contributed by atoms with Gasteiger partial charge >= 0.3 is 6.09 Å². The zero-order valence-electron chi connectivity index (χ0n) is 10.5. The maximum Gasteiger partial charge on any atom is 0.411 e. The first-order valence-electron chi connectivity index (χ1n) is 6.12. The molecule has 4 nitrogen and oxygen atoms in total. The van der Waals surface area contributed by atoms with Crippen LogP contribution in [0.3, 0.4) is 0 Å². The molecule has 1 aromatic carbocycles. The zero-order valence-corrected chi connectivity index (χ0v) is 11.3. The second kappa shape index (κ2) is 8.78. The summed E-state index contributed by atoms with van der Waals surface area (Å²) >= 11 is 5.74. The van der Waals surface area contributed by atoms with Crippen molar-refractivity contribution in [3.8, 4) is 0 Å². The SMILES string of the molecule is CCCNCCCOC(=O)Nc1ccc(Cl)cc1. The molecule has 0 saturated heterocycles. The maximum atomic E-state index is 11.4. The lowest BCUT2D eigenvalue weighted by Gasteiger charge is -2.07. The van der Waals surface area contributed by atoms with E-state index in [4.69, 9.17) is 16.3 Å². The van der Waals surface area contributed by atoms with E-state index in [1.54, 1.807) is 24.3 Å². The Morgan fingerprint density at radius 3 is 2.67 bits per heavy atom. The largest absolute Gasteiger partial charge is 0.449 e. The molecule has 100 valence electrons.